The van der Waals surface area contributed by atoms with Crippen LogP contribution in [0.2, 0.25) is 0 Å². The molecule has 1 aliphatic carbocycles. The van der Waals surface area contributed by atoms with E-state index in [0.717, 1.165) is 0 Å². The van der Waals surface area contributed by atoms with Gasteiger partial charge in [-0.3, -0.25) is 0 Å². The van der Waals surface area contributed by atoms with Gasteiger partial charge in [-0.05, 0) is 6.42 Å². The molecule has 0 radical (unpaired) electrons. The Balaban J connectivity index is 0.000000640. The normalized spacial score (nSPS) is 33.3. The van der Waals surface area contributed by atoms with Crippen LogP contribution in [0.1, 0.15) is 6.42 Å². The Labute approximate surface area is 56.8 Å². The molecule has 0 bridgehead atoms. The van der Waals surface area contributed by atoms with Crippen molar-refractivity contribution in [2.75, 3.05) is 0 Å². The number of nitrogens with two attached hydrogens (primary N) is 1. The Morgan fingerprint density at radius 1 is 1.33 bits per heavy atom. The summed E-state index contributed by atoms with van der Waals surface area (Å²) in [5.41, 5.74) is 4.93. The monoisotopic (exact) mass is 161 g/mol. The first-order chi connectivity index (χ1) is 3.52. The Kier molecular flexibility index (Phi) is 2.35. The summed E-state index contributed by atoms with van der Waals surface area (Å²) in [5.74, 6) is -1.21. The maximum absolute atomic E-state index is 11.4. The van der Waals surface area contributed by atoms with Crippen LogP contribution in [-0.4, -0.2) is 12.2 Å². The Morgan fingerprint density at radius 3 is 1.67 bits per heavy atom. The van der Waals surface area contributed by atoms with E-state index in [0.29, 0.717) is 0 Å². The molecule has 5 heteroatoms. The first-order valence-electron chi connectivity index (χ1n) is 2.34. The summed E-state index contributed by atoms with van der Waals surface area (Å²) in [6.45, 7) is 0. The van der Waals surface area contributed by atoms with Crippen LogP contribution in [0.3, 0.4) is 0 Å². The zero-order valence-electron chi connectivity index (χ0n) is 4.48. The number of hydrogen-bond acceptors (Lipinski definition) is 1. The van der Waals surface area contributed by atoms with Crippen LogP contribution >= 0.6 is 12.4 Å². The first kappa shape index (κ1) is 9.04. The summed E-state index contributed by atoms with van der Waals surface area (Å²) in [6.07, 6.45) is -3.93. The van der Waals surface area contributed by atoms with E-state index in [9.17, 15) is 13.2 Å². The van der Waals surface area contributed by atoms with E-state index in [4.69, 9.17) is 5.73 Å². The lowest BCUT2D eigenvalue weighted by molar-refractivity contribution is -0.148. The van der Waals surface area contributed by atoms with Crippen molar-refractivity contribution in [1.29, 1.82) is 0 Å². The lowest BCUT2D eigenvalue weighted by atomic mass is 10.4. The lowest BCUT2D eigenvalue weighted by Crippen LogP contribution is -2.17. The van der Waals surface area contributed by atoms with E-state index in [1.165, 1.54) is 0 Å². The molecule has 0 aromatic carbocycles. The number of rotatable bonds is 0. The van der Waals surface area contributed by atoms with E-state index in [1.807, 2.05) is 0 Å². The summed E-state index contributed by atoms with van der Waals surface area (Å²) >= 11 is 0. The fourth-order valence-electron chi connectivity index (χ4n) is 0.591. The van der Waals surface area contributed by atoms with Gasteiger partial charge in [0, 0.05) is 6.04 Å². The minimum Gasteiger partial charge on any atom is -0.327 e. The molecule has 2 unspecified atom stereocenters. The van der Waals surface area contributed by atoms with Gasteiger partial charge in [0.2, 0.25) is 0 Å². The van der Waals surface area contributed by atoms with Crippen LogP contribution in [0.15, 0.2) is 0 Å². The Bertz CT molecular complexity index is 102. The molecule has 2 atom stereocenters. The van der Waals surface area contributed by atoms with Crippen molar-refractivity contribution in [3.8, 4) is 0 Å². The van der Waals surface area contributed by atoms with Gasteiger partial charge in [-0.15, -0.1) is 12.4 Å². The second-order valence-corrected chi connectivity index (χ2v) is 2.05. The molecule has 0 spiro atoms. The van der Waals surface area contributed by atoms with Gasteiger partial charge in [-0.25, -0.2) is 0 Å². The topological polar surface area (TPSA) is 26.0 Å². The van der Waals surface area contributed by atoms with E-state index in [-0.39, 0.29) is 18.8 Å². The smallest absolute Gasteiger partial charge is 0.327 e. The highest BCUT2D eigenvalue weighted by molar-refractivity contribution is 5.85. The van der Waals surface area contributed by atoms with E-state index < -0.39 is 18.1 Å². The van der Waals surface area contributed by atoms with Gasteiger partial charge in [0.1, 0.15) is 0 Å². The van der Waals surface area contributed by atoms with Crippen molar-refractivity contribution in [1.82, 2.24) is 0 Å². The molecular weight excluding hydrogens is 154 g/mol. The van der Waals surface area contributed by atoms with E-state index in [1.54, 1.807) is 0 Å². The Morgan fingerprint density at radius 2 is 1.67 bits per heavy atom. The van der Waals surface area contributed by atoms with E-state index in [2.05, 4.69) is 0 Å². The minimum absolute atomic E-state index is 0. The zero-order chi connectivity index (χ0) is 6.36. The number of halogens is 4. The molecule has 0 aromatic heterocycles. The molecule has 0 saturated heterocycles. The number of alkyl halides is 3. The van der Waals surface area contributed by atoms with Crippen LogP contribution in [0.5, 0.6) is 0 Å². The van der Waals surface area contributed by atoms with Crippen molar-refractivity contribution in [2.45, 2.75) is 18.6 Å². The third-order valence-electron chi connectivity index (χ3n) is 1.26. The first-order valence-corrected chi connectivity index (χ1v) is 2.34. The molecule has 2 N–H and O–H groups in total. The molecule has 9 heavy (non-hydrogen) atoms. The highest BCUT2D eigenvalue weighted by Gasteiger charge is 2.53. The van der Waals surface area contributed by atoms with Crippen LogP contribution in [0.25, 0.3) is 0 Å². The molecule has 1 fully saturated rings. The van der Waals surface area contributed by atoms with Gasteiger partial charge in [0.25, 0.3) is 0 Å². The highest BCUT2D eigenvalue weighted by Crippen LogP contribution is 2.42. The molecule has 0 aliphatic heterocycles. The maximum Gasteiger partial charge on any atom is 0.393 e. The SMILES string of the molecule is Cl.NC1CC1C(F)(F)F. The quantitative estimate of drug-likeness (QED) is 0.570. The summed E-state index contributed by atoms with van der Waals surface area (Å²) in [6, 6.07) is -0.616. The Hall–Kier alpha value is 0.0400. The van der Waals surface area contributed by atoms with Crippen molar-refractivity contribution >= 4 is 12.4 Å². The highest BCUT2D eigenvalue weighted by atomic mass is 35.5. The molecule has 1 nitrogen and oxygen atoms in total. The minimum atomic E-state index is -4.04. The fourth-order valence-corrected chi connectivity index (χ4v) is 0.591. The standard InChI is InChI=1S/C4H6F3N.ClH/c5-4(6,7)2-1-3(2)8;/h2-3H,1,8H2;1H. The molecule has 0 heterocycles. The average Bonchev–Trinajstić information content (AvgIpc) is 2.13. The largest absolute Gasteiger partial charge is 0.393 e. The van der Waals surface area contributed by atoms with Gasteiger partial charge >= 0.3 is 6.18 Å². The predicted molar refractivity (Wildman–Crippen MR) is 29.4 cm³/mol. The van der Waals surface area contributed by atoms with Gasteiger partial charge in [0.05, 0.1) is 5.92 Å². The fraction of sp³-hybridized carbons (Fsp3) is 1.00. The van der Waals surface area contributed by atoms with Crippen molar-refractivity contribution in [3.05, 3.63) is 0 Å². The van der Waals surface area contributed by atoms with Crippen molar-refractivity contribution < 1.29 is 13.2 Å². The second kappa shape index (κ2) is 2.34. The van der Waals surface area contributed by atoms with Gasteiger partial charge in [-0.1, -0.05) is 0 Å². The lowest BCUT2D eigenvalue weighted by Gasteiger charge is -2.00. The summed E-state index contributed by atoms with van der Waals surface area (Å²) in [7, 11) is 0. The molecule has 1 rings (SSSR count). The third-order valence-corrected chi connectivity index (χ3v) is 1.26. The predicted octanol–water partition coefficient (Wildman–Crippen LogP) is 1.32. The molecule has 56 valence electrons. The van der Waals surface area contributed by atoms with Gasteiger partial charge in [-0.2, -0.15) is 13.2 Å². The molecular formula is C4H7ClF3N. The average molecular weight is 162 g/mol. The van der Waals surface area contributed by atoms with E-state index >= 15 is 0 Å². The van der Waals surface area contributed by atoms with Crippen molar-refractivity contribution in [3.63, 3.8) is 0 Å². The third kappa shape index (κ3) is 2.02. The van der Waals surface area contributed by atoms with Gasteiger partial charge < -0.3 is 5.73 Å². The zero-order valence-corrected chi connectivity index (χ0v) is 5.30. The molecule has 0 aromatic rings. The molecule has 1 aliphatic rings. The molecule has 0 amide bonds. The summed E-state index contributed by atoms with van der Waals surface area (Å²) in [5, 5.41) is 0. The van der Waals surface area contributed by atoms with Crippen LogP contribution in [0.4, 0.5) is 13.2 Å². The van der Waals surface area contributed by atoms with Gasteiger partial charge in [0.15, 0.2) is 0 Å². The van der Waals surface area contributed by atoms with Crippen LogP contribution in [-0.2, 0) is 0 Å². The van der Waals surface area contributed by atoms with Crippen molar-refractivity contribution in [2.24, 2.45) is 11.7 Å². The summed E-state index contributed by atoms with van der Waals surface area (Å²) in [4.78, 5) is 0. The summed E-state index contributed by atoms with van der Waals surface area (Å²) < 4.78 is 34.2. The number of hydrogen-bond donors (Lipinski definition) is 1. The van der Waals surface area contributed by atoms with Crippen LogP contribution in [0, 0.1) is 5.92 Å². The maximum atomic E-state index is 11.4. The molecule has 1 saturated carbocycles. The second-order valence-electron chi connectivity index (χ2n) is 2.05. The van der Waals surface area contributed by atoms with Crippen LogP contribution < -0.4 is 5.73 Å².